The van der Waals surface area contributed by atoms with Crippen molar-refractivity contribution in [3.63, 3.8) is 0 Å². The van der Waals surface area contributed by atoms with Crippen LogP contribution in [0.15, 0.2) is 48.5 Å². The van der Waals surface area contributed by atoms with Crippen LogP contribution in [-0.2, 0) is 11.4 Å². The molecule has 0 aromatic heterocycles. The number of alkyl halides is 1. The van der Waals surface area contributed by atoms with Crippen molar-refractivity contribution < 1.29 is 14.3 Å². The first-order valence-electron chi connectivity index (χ1n) is 10.6. The van der Waals surface area contributed by atoms with Crippen LogP contribution in [0.25, 0.3) is 0 Å². The van der Waals surface area contributed by atoms with Crippen LogP contribution in [0.4, 0.5) is 0 Å². The second kappa shape index (κ2) is 11.3. The van der Waals surface area contributed by atoms with Crippen molar-refractivity contribution in [3.05, 3.63) is 59.7 Å². The average molecular weight is 431 g/mol. The molecule has 2 aromatic carbocycles. The molecule has 0 bridgehead atoms. The number of hydrogen-bond acceptors (Lipinski definition) is 5. The van der Waals surface area contributed by atoms with Crippen molar-refractivity contribution in [1.29, 1.82) is 0 Å². The molecule has 0 spiro atoms. The zero-order valence-corrected chi connectivity index (χ0v) is 18.3. The van der Waals surface area contributed by atoms with Crippen LogP contribution in [-0.4, -0.2) is 42.9 Å². The maximum atomic E-state index is 12.0. The Hall–Kier alpha value is -2.08. The summed E-state index contributed by atoms with van der Waals surface area (Å²) >= 11 is 6.65. The molecule has 162 valence electrons. The number of piperidine rings is 1. The van der Waals surface area contributed by atoms with E-state index in [1.165, 1.54) is 6.42 Å². The zero-order valence-electron chi connectivity index (χ0n) is 17.5. The third-order valence-electron chi connectivity index (χ3n) is 5.66. The first kappa shape index (κ1) is 22.6. The maximum Gasteiger partial charge on any atom is 0.127 e. The van der Waals surface area contributed by atoms with Gasteiger partial charge in [-0.15, -0.1) is 11.6 Å². The molecule has 1 aliphatic rings. The number of ether oxygens (including phenoxy) is 2. The fraction of sp³-hybridized carbons (Fsp3) is 0.458. The van der Waals surface area contributed by atoms with E-state index < -0.39 is 0 Å². The third-order valence-corrected chi connectivity index (χ3v) is 6.25. The van der Waals surface area contributed by atoms with E-state index in [1.807, 2.05) is 48.5 Å². The summed E-state index contributed by atoms with van der Waals surface area (Å²) in [6.07, 6.45) is 4.97. The van der Waals surface area contributed by atoms with Gasteiger partial charge in [-0.3, -0.25) is 4.90 Å². The van der Waals surface area contributed by atoms with Gasteiger partial charge in [-0.1, -0.05) is 36.8 Å². The minimum Gasteiger partial charge on any atom is -0.497 e. The van der Waals surface area contributed by atoms with Crippen molar-refractivity contribution in [2.45, 2.75) is 49.8 Å². The van der Waals surface area contributed by atoms with Gasteiger partial charge in [0.25, 0.3) is 0 Å². The van der Waals surface area contributed by atoms with Gasteiger partial charge in [0.1, 0.15) is 29.9 Å². The molecular formula is C24H31ClN2O3. The highest BCUT2D eigenvalue weighted by molar-refractivity contribution is 6.20. The third kappa shape index (κ3) is 5.97. The molecule has 3 atom stereocenters. The molecule has 3 unspecified atom stereocenters. The van der Waals surface area contributed by atoms with Gasteiger partial charge in [0.05, 0.1) is 7.11 Å². The summed E-state index contributed by atoms with van der Waals surface area (Å²) in [4.78, 5) is 14.2. The fourth-order valence-electron chi connectivity index (χ4n) is 3.90. The smallest absolute Gasteiger partial charge is 0.127 e. The first-order valence-corrected chi connectivity index (χ1v) is 11.0. The van der Waals surface area contributed by atoms with E-state index in [9.17, 15) is 4.79 Å². The molecule has 1 aliphatic heterocycles. The van der Waals surface area contributed by atoms with E-state index in [2.05, 4.69) is 4.90 Å². The number of benzene rings is 2. The van der Waals surface area contributed by atoms with Crippen LogP contribution >= 0.6 is 11.6 Å². The van der Waals surface area contributed by atoms with Gasteiger partial charge < -0.3 is 20.0 Å². The number of para-hydroxylation sites is 1. The number of hydrogen-bond donors (Lipinski definition) is 1. The molecule has 2 aromatic rings. The summed E-state index contributed by atoms with van der Waals surface area (Å²) in [7, 11) is 1.64. The van der Waals surface area contributed by atoms with Crippen LogP contribution in [0.1, 0.15) is 42.7 Å². The van der Waals surface area contributed by atoms with Crippen molar-refractivity contribution >= 4 is 17.9 Å². The van der Waals surface area contributed by atoms with E-state index in [1.54, 1.807) is 7.11 Å². The van der Waals surface area contributed by atoms with Crippen molar-refractivity contribution in [2.75, 3.05) is 20.2 Å². The SMILES string of the molecule is COc1ccc(COc2ccccc2C(C=O)CC(N)C(Cl)N2CCCCC2)cc1. The van der Waals surface area contributed by atoms with Gasteiger partial charge in [-0.2, -0.15) is 0 Å². The standard InChI is InChI=1S/C24H31ClN2O3/c1-29-20-11-9-18(10-12-20)17-30-23-8-4-3-7-21(23)19(16-28)15-22(26)24(25)27-13-5-2-6-14-27/h3-4,7-12,16,19,22,24H,2,5-6,13-15,17,26H2,1H3. The molecule has 0 radical (unpaired) electrons. The van der Waals surface area contributed by atoms with Crippen molar-refractivity contribution in [2.24, 2.45) is 5.73 Å². The molecule has 1 saturated heterocycles. The molecule has 0 aliphatic carbocycles. The Labute approximate surface area is 184 Å². The van der Waals surface area contributed by atoms with Crippen molar-refractivity contribution in [1.82, 2.24) is 4.90 Å². The Bertz CT molecular complexity index is 793. The molecule has 0 saturated carbocycles. The average Bonchev–Trinajstić information content (AvgIpc) is 2.81. The predicted molar refractivity (Wildman–Crippen MR) is 120 cm³/mol. The van der Waals surface area contributed by atoms with Gasteiger partial charge in [0.2, 0.25) is 0 Å². The maximum absolute atomic E-state index is 12.0. The number of halogens is 1. The van der Waals surface area contributed by atoms with Crippen LogP contribution in [0.2, 0.25) is 0 Å². The zero-order chi connectivity index (χ0) is 21.3. The lowest BCUT2D eigenvalue weighted by atomic mass is 9.92. The molecule has 5 nitrogen and oxygen atoms in total. The first-order chi connectivity index (χ1) is 14.6. The number of nitrogens with two attached hydrogens (primary N) is 1. The number of rotatable bonds is 10. The summed E-state index contributed by atoms with van der Waals surface area (Å²) in [6.45, 7) is 2.34. The molecule has 2 N–H and O–H groups in total. The molecular weight excluding hydrogens is 400 g/mol. The summed E-state index contributed by atoms with van der Waals surface area (Å²) < 4.78 is 11.2. The highest BCUT2D eigenvalue weighted by Crippen LogP contribution is 2.31. The highest BCUT2D eigenvalue weighted by atomic mass is 35.5. The van der Waals surface area contributed by atoms with Gasteiger partial charge >= 0.3 is 0 Å². The second-order valence-electron chi connectivity index (χ2n) is 7.79. The summed E-state index contributed by atoms with van der Waals surface area (Å²) in [5, 5.41) is 0. The Morgan fingerprint density at radius 3 is 2.47 bits per heavy atom. The number of nitrogens with zero attached hydrogens (tertiary/aromatic N) is 1. The molecule has 1 fully saturated rings. The lowest BCUT2D eigenvalue weighted by molar-refractivity contribution is -0.109. The number of carbonyl (C=O) groups excluding carboxylic acids is 1. The lowest BCUT2D eigenvalue weighted by Gasteiger charge is -2.34. The molecule has 1 heterocycles. The van der Waals surface area contributed by atoms with E-state index in [0.717, 1.165) is 49.1 Å². The largest absolute Gasteiger partial charge is 0.497 e. The van der Waals surface area contributed by atoms with Crippen LogP contribution in [0, 0.1) is 0 Å². The molecule has 3 rings (SSSR count). The number of carbonyl (C=O) groups is 1. The van der Waals surface area contributed by atoms with E-state index in [-0.39, 0.29) is 17.5 Å². The lowest BCUT2D eigenvalue weighted by Crippen LogP contribution is -2.47. The molecule has 30 heavy (non-hydrogen) atoms. The van der Waals surface area contributed by atoms with E-state index >= 15 is 0 Å². The summed E-state index contributed by atoms with van der Waals surface area (Å²) in [5.74, 6) is 1.14. The van der Waals surface area contributed by atoms with E-state index in [4.69, 9.17) is 26.8 Å². The van der Waals surface area contributed by atoms with Gasteiger partial charge in [0.15, 0.2) is 0 Å². The monoisotopic (exact) mass is 430 g/mol. The quantitative estimate of drug-likeness (QED) is 0.345. The predicted octanol–water partition coefficient (Wildman–Crippen LogP) is 4.32. The number of methoxy groups -OCH3 is 1. The normalized spacial score (nSPS) is 17.7. The molecule has 6 heteroatoms. The fourth-order valence-corrected chi connectivity index (χ4v) is 4.20. The minimum atomic E-state index is -0.363. The van der Waals surface area contributed by atoms with Crippen LogP contribution in [0.3, 0.4) is 0 Å². The topological polar surface area (TPSA) is 64.8 Å². The number of aldehydes is 1. The molecule has 0 amide bonds. The minimum absolute atomic E-state index is 0.264. The van der Waals surface area contributed by atoms with Crippen LogP contribution < -0.4 is 15.2 Å². The second-order valence-corrected chi connectivity index (χ2v) is 8.23. The van der Waals surface area contributed by atoms with Gasteiger partial charge in [0, 0.05) is 17.5 Å². The van der Waals surface area contributed by atoms with E-state index in [0.29, 0.717) is 18.8 Å². The number of likely N-dealkylation sites (tertiary alicyclic amines) is 1. The highest BCUT2D eigenvalue weighted by Gasteiger charge is 2.28. The van der Waals surface area contributed by atoms with Crippen LogP contribution in [0.5, 0.6) is 11.5 Å². The Morgan fingerprint density at radius 2 is 1.80 bits per heavy atom. The van der Waals surface area contributed by atoms with Gasteiger partial charge in [-0.25, -0.2) is 0 Å². The Balaban J connectivity index is 1.66. The Kier molecular flexibility index (Phi) is 8.55. The summed E-state index contributed by atoms with van der Waals surface area (Å²) in [6, 6.07) is 15.1. The Morgan fingerprint density at radius 1 is 1.10 bits per heavy atom. The van der Waals surface area contributed by atoms with Crippen molar-refractivity contribution in [3.8, 4) is 11.5 Å². The van der Waals surface area contributed by atoms with Gasteiger partial charge in [-0.05, 0) is 56.1 Å². The summed E-state index contributed by atoms with van der Waals surface area (Å²) in [5.41, 5.74) is 8.03.